The first kappa shape index (κ1) is 14.3. The van der Waals surface area contributed by atoms with Crippen molar-refractivity contribution in [2.75, 3.05) is 23.5 Å². The molecule has 21 heavy (non-hydrogen) atoms. The average Bonchev–Trinajstić information content (AvgIpc) is 2.51. The highest BCUT2D eigenvalue weighted by Crippen LogP contribution is 2.22. The van der Waals surface area contributed by atoms with Gasteiger partial charge in [0.1, 0.15) is 11.9 Å². The molecule has 0 bridgehead atoms. The molecule has 0 saturated carbocycles. The van der Waals surface area contributed by atoms with Crippen molar-refractivity contribution in [3.8, 4) is 11.8 Å². The molecule has 2 heterocycles. The lowest BCUT2D eigenvalue weighted by molar-refractivity contribution is 0.411. The molecule has 8 heteroatoms. The van der Waals surface area contributed by atoms with Crippen molar-refractivity contribution in [1.82, 2.24) is 15.0 Å². The van der Waals surface area contributed by atoms with Crippen LogP contribution < -0.4 is 21.1 Å². The second-order valence-electron chi connectivity index (χ2n) is 4.22. The fourth-order valence-electron chi connectivity index (χ4n) is 1.53. The fourth-order valence-corrected chi connectivity index (χ4v) is 1.53. The Labute approximate surface area is 122 Å². The Hall–Kier alpha value is -3.08. The summed E-state index contributed by atoms with van der Waals surface area (Å²) in [5, 5.41) is 14.7. The Morgan fingerprint density at radius 2 is 2.00 bits per heavy atom. The third kappa shape index (κ3) is 3.70. The number of hydrogen-bond donors (Lipinski definition) is 3. The molecule has 0 aliphatic rings. The van der Waals surface area contributed by atoms with Crippen LogP contribution in [0.2, 0.25) is 0 Å². The van der Waals surface area contributed by atoms with Crippen LogP contribution in [0, 0.1) is 11.3 Å². The van der Waals surface area contributed by atoms with Crippen molar-refractivity contribution in [3.05, 3.63) is 24.7 Å². The molecular weight excluding hydrogens is 270 g/mol. The molecule has 4 N–H and O–H groups in total. The SMILES string of the molecule is COc1cnc(Nc2cc(N[C@H](C)C#N)c(N)cn2)nc1. The molecule has 0 aliphatic heterocycles. The number of rotatable bonds is 5. The summed E-state index contributed by atoms with van der Waals surface area (Å²) in [7, 11) is 1.54. The zero-order chi connectivity index (χ0) is 15.2. The van der Waals surface area contributed by atoms with E-state index in [9.17, 15) is 0 Å². The van der Waals surface area contributed by atoms with Crippen molar-refractivity contribution in [1.29, 1.82) is 5.26 Å². The third-order valence-corrected chi connectivity index (χ3v) is 2.60. The van der Waals surface area contributed by atoms with E-state index in [4.69, 9.17) is 15.7 Å². The first-order valence-corrected chi connectivity index (χ1v) is 6.17. The van der Waals surface area contributed by atoms with E-state index in [2.05, 4.69) is 31.7 Å². The highest BCUT2D eigenvalue weighted by Gasteiger charge is 2.07. The van der Waals surface area contributed by atoms with Gasteiger partial charge in [-0.05, 0) is 6.92 Å². The standard InChI is InChI=1S/C13H15N7O/c1-8(4-14)19-11-3-12(16-7-10(11)15)20-13-17-5-9(21-2)6-18-13/h3,5-8H,15H2,1-2H3,(H2,16,17,18,19,20)/t8-/m1/s1. The van der Waals surface area contributed by atoms with Gasteiger partial charge in [-0.15, -0.1) is 0 Å². The number of nitriles is 1. The van der Waals surface area contributed by atoms with Gasteiger partial charge in [0.05, 0.1) is 43.1 Å². The molecule has 0 unspecified atom stereocenters. The van der Waals surface area contributed by atoms with E-state index >= 15 is 0 Å². The summed E-state index contributed by atoms with van der Waals surface area (Å²) in [5.41, 5.74) is 6.89. The first-order valence-electron chi connectivity index (χ1n) is 6.17. The molecular formula is C13H15N7O. The van der Waals surface area contributed by atoms with Crippen LogP contribution >= 0.6 is 0 Å². The molecule has 0 amide bonds. The number of nitrogens with two attached hydrogens (primary N) is 1. The van der Waals surface area contributed by atoms with Crippen LogP contribution in [-0.2, 0) is 0 Å². The Bertz CT molecular complexity index is 651. The zero-order valence-corrected chi connectivity index (χ0v) is 11.7. The molecule has 0 saturated heterocycles. The number of aromatic nitrogens is 3. The van der Waals surface area contributed by atoms with Crippen LogP contribution in [0.4, 0.5) is 23.1 Å². The maximum atomic E-state index is 8.82. The number of nitrogens with zero attached hydrogens (tertiary/aromatic N) is 4. The summed E-state index contributed by atoms with van der Waals surface area (Å²) in [6.45, 7) is 1.74. The Balaban J connectivity index is 2.16. The highest BCUT2D eigenvalue weighted by molar-refractivity contribution is 5.70. The van der Waals surface area contributed by atoms with Gasteiger partial charge in [-0.25, -0.2) is 15.0 Å². The number of ether oxygens (including phenoxy) is 1. The van der Waals surface area contributed by atoms with Gasteiger partial charge in [0.15, 0.2) is 5.75 Å². The second-order valence-corrected chi connectivity index (χ2v) is 4.22. The third-order valence-electron chi connectivity index (χ3n) is 2.60. The summed E-state index contributed by atoms with van der Waals surface area (Å²) in [4.78, 5) is 12.3. The van der Waals surface area contributed by atoms with Gasteiger partial charge in [-0.2, -0.15) is 5.26 Å². The van der Waals surface area contributed by atoms with Gasteiger partial charge in [0, 0.05) is 6.07 Å². The minimum atomic E-state index is -0.361. The van der Waals surface area contributed by atoms with E-state index in [1.54, 1.807) is 32.5 Å². The Morgan fingerprint density at radius 3 is 2.62 bits per heavy atom. The minimum absolute atomic E-state index is 0.361. The molecule has 8 nitrogen and oxygen atoms in total. The van der Waals surface area contributed by atoms with Crippen LogP contribution in [0.25, 0.3) is 0 Å². The summed E-state index contributed by atoms with van der Waals surface area (Å²) < 4.78 is 4.98. The van der Waals surface area contributed by atoms with Crippen LogP contribution in [0.5, 0.6) is 5.75 Å². The lowest BCUT2D eigenvalue weighted by atomic mass is 10.3. The summed E-state index contributed by atoms with van der Waals surface area (Å²) in [6.07, 6.45) is 4.59. The minimum Gasteiger partial charge on any atom is -0.494 e. The van der Waals surface area contributed by atoms with Gasteiger partial charge in [0.2, 0.25) is 5.95 Å². The molecule has 2 rings (SSSR count). The summed E-state index contributed by atoms with van der Waals surface area (Å²) in [5.74, 6) is 1.46. The molecule has 0 radical (unpaired) electrons. The van der Waals surface area contributed by atoms with Crippen molar-refractivity contribution in [3.63, 3.8) is 0 Å². The van der Waals surface area contributed by atoms with E-state index in [1.165, 1.54) is 6.20 Å². The van der Waals surface area contributed by atoms with Crippen molar-refractivity contribution >= 4 is 23.1 Å². The Morgan fingerprint density at radius 1 is 1.29 bits per heavy atom. The number of methoxy groups -OCH3 is 1. The normalized spacial score (nSPS) is 11.3. The van der Waals surface area contributed by atoms with E-state index in [1.807, 2.05) is 0 Å². The topological polar surface area (TPSA) is 122 Å². The highest BCUT2D eigenvalue weighted by atomic mass is 16.5. The fraction of sp³-hybridized carbons (Fsp3) is 0.231. The van der Waals surface area contributed by atoms with Crippen molar-refractivity contribution in [2.24, 2.45) is 0 Å². The number of hydrogen-bond acceptors (Lipinski definition) is 8. The van der Waals surface area contributed by atoms with Gasteiger partial charge in [-0.1, -0.05) is 0 Å². The van der Waals surface area contributed by atoms with E-state index in [0.717, 1.165) is 0 Å². The largest absolute Gasteiger partial charge is 0.494 e. The number of anilines is 4. The van der Waals surface area contributed by atoms with Crippen molar-refractivity contribution < 1.29 is 4.74 Å². The van der Waals surface area contributed by atoms with Gasteiger partial charge in [-0.3, -0.25) is 0 Å². The van der Waals surface area contributed by atoms with Crippen LogP contribution in [0.3, 0.4) is 0 Å². The molecule has 0 fully saturated rings. The molecule has 108 valence electrons. The lowest BCUT2D eigenvalue weighted by Crippen LogP contribution is -2.14. The summed E-state index contributed by atoms with van der Waals surface area (Å²) in [6, 6.07) is 3.41. The number of pyridine rings is 1. The smallest absolute Gasteiger partial charge is 0.228 e. The van der Waals surface area contributed by atoms with Gasteiger partial charge >= 0.3 is 0 Å². The molecule has 0 spiro atoms. The monoisotopic (exact) mass is 285 g/mol. The predicted octanol–water partition coefficient (Wildman–Crippen LogP) is 1.53. The van der Waals surface area contributed by atoms with E-state index in [0.29, 0.717) is 28.9 Å². The average molecular weight is 285 g/mol. The van der Waals surface area contributed by atoms with Gasteiger partial charge < -0.3 is 21.1 Å². The van der Waals surface area contributed by atoms with E-state index < -0.39 is 0 Å². The molecule has 0 aromatic carbocycles. The molecule has 1 atom stereocenters. The predicted molar refractivity (Wildman–Crippen MR) is 79.2 cm³/mol. The number of nitrogens with one attached hydrogen (secondary N) is 2. The van der Waals surface area contributed by atoms with Gasteiger partial charge in [0.25, 0.3) is 0 Å². The Kier molecular flexibility index (Phi) is 4.36. The second kappa shape index (κ2) is 6.38. The molecule has 0 aliphatic carbocycles. The van der Waals surface area contributed by atoms with Crippen LogP contribution in [0.1, 0.15) is 6.92 Å². The lowest BCUT2D eigenvalue weighted by Gasteiger charge is -2.12. The van der Waals surface area contributed by atoms with E-state index in [-0.39, 0.29) is 6.04 Å². The summed E-state index contributed by atoms with van der Waals surface area (Å²) >= 11 is 0. The number of nitrogen functional groups attached to an aromatic ring is 1. The maximum absolute atomic E-state index is 8.82. The zero-order valence-electron chi connectivity index (χ0n) is 11.7. The molecule has 2 aromatic rings. The quantitative estimate of drug-likeness (QED) is 0.756. The maximum Gasteiger partial charge on any atom is 0.228 e. The van der Waals surface area contributed by atoms with Crippen LogP contribution in [-0.4, -0.2) is 28.1 Å². The van der Waals surface area contributed by atoms with Crippen molar-refractivity contribution in [2.45, 2.75) is 13.0 Å². The van der Waals surface area contributed by atoms with Crippen LogP contribution in [0.15, 0.2) is 24.7 Å². The first-order chi connectivity index (χ1) is 10.1. The molecule has 2 aromatic heterocycles.